The Morgan fingerprint density at radius 1 is 1.10 bits per heavy atom. The average Bonchev–Trinajstić information content (AvgIpc) is 3.43. The van der Waals surface area contributed by atoms with Gasteiger partial charge in [0.15, 0.2) is 5.75 Å². The molecule has 2 atom stereocenters. The summed E-state index contributed by atoms with van der Waals surface area (Å²) in [6.45, 7) is 1.74. The second-order valence-electron chi connectivity index (χ2n) is 6.88. The van der Waals surface area contributed by atoms with Crippen LogP contribution in [0.25, 0.3) is 0 Å². The van der Waals surface area contributed by atoms with Crippen LogP contribution >= 0.6 is 0 Å². The van der Waals surface area contributed by atoms with Gasteiger partial charge in [-0.3, -0.25) is 9.78 Å². The molecule has 1 aromatic heterocycles. The number of rotatable bonds is 7. The molecule has 1 heterocycles. The lowest BCUT2D eigenvalue weighted by Gasteiger charge is -2.24. The lowest BCUT2D eigenvalue weighted by Crippen LogP contribution is -2.28. The fraction of sp³-hybridized carbons (Fsp3) is 0.217. The van der Waals surface area contributed by atoms with E-state index in [0.29, 0.717) is 29.4 Å². The first-order valence-electron chi connectivity index (χ1n) is 9.45. The van der Waals surface area contributed by atoms with Gasteiger partial charge in [-0.25, -0.2) is 4.39 Å². The standard InChI is InChI=1S/C23H21FN2O3/c1-16(27)26(15-17-7-5-6-10-21(17)29-23-13-19(23)24)20-14-25-12-11-22(20)28-18-8-3-2-4-9-18/h2-12,14,19,23H,13,15H2,1H3/t19?,23-/m0/s1. The molecule has 1 aliphatic rings. The van der Waals surface area contributed by atoms with Gasteiger partial charge < -0.3 is 14.4 Å². The van der Waals surface area contributed by atoms with Crippen molar-refractivity contribution in [2.75, 3.05) is 4.90 Å². The molecule has 0 aliphatic heterocycles. The molecule has 2 aromatic carbocycles. The molecule has 1 unspecified atom stereocenters. The first kappa shape index (κ1) is 18.9. The van der Waals surface area contributed by atoms with Gasteiger partial charge in [-0.1, -0.05) is 36.4 Å². The van der Waals surface area contributed by atoms with Gasteiger partial charge in [0.25, 0.3) is 0 Å². The van der Waals surface area contributed by atoms with Gasteiger partial charge in [-0.05, 0) is 18.2 Å². The number of anilines is 1. The van der Waals surface area contributed by atoms with Crippen LogP contribution in [0.2, 0.25) is 0 Å². The minimum Gasteiger partial charge on any atom is -0.487 e. The van der Waals surface area contributed by atoms with E-state index in [1.54, 1.807) is 29.4 Å². The van der Waals surface area contributed by atoms with Gasteiger partial charge in [0, 0.05) is 31.2 Å². The Balaban J connectivity index is 1.62. The van der Waals surface area contributed by atoms with Gasteiger partial charge in [-0.2, -0.15) is 0 Å². The van der Waals surface area contributed by atoms with E-state index in [2.05, 4.69) is 4.98 Å². The van der Waals surface area contributed by atoms with E-state index in [0.717, 1.165) is 5.56 Å². The number of ether oxygens (including phenoxy) is 2. The molecule has 4 rings (SSSR count). The number of carbonyl (C=O) groups is 1. The lowest BCUT2D eigenvalue weighted by atomic mass is 10.1. The highest BCUT2D eigenvalue weighted by molar-refractivity contribution is 5.93. The number of nitrogens with zero attached hydrogens (tertiary/aromatic N) is 2. The van der Waals surface area contributed by atoms with Crippen molar-refractivity contribution in [1.82, 2.24) is 4.98 Å². The number of pyridine rings is 1. The van der Waals surface area contributed by atoms with E-state index in [4.69, 9.17) is 9.47 Å². The summed E-state index contributed by atoms with van der Waals surface area (Å²) in [5.41, 5.74) is 1.34. The largest absolute Gasteiger partial charge is 0.487 e. The summed E-state index contributed by atoms with van der Waals surface area (Å²) < 4.78 is 25.0. The summed E-state index contributed by atoms with van der Waals surface area (Å²) >= 11 is 0. The summed E-state index contributed by atoms with van der Waals surface area (Å²) in [7, 11) is 0. The van der Waals surface area contributed by atoms with Crippen molar-refractivity contribution >= 4 is 11.6 Å². The maximum atomic E-state index is 13.3. The fourth-order valence-electron chi connectivity index (χ4n) is 2.99. The minimum absolute atomic E-state index is 0.166. The maximum absolute atomic E-state index is 13.3. The Kier molecular flexibility index (Phi) is 5.42. The molecule has 1 amide bonds. The quantitative estimate of drug-likeness (QED) is 0.573. The molecule has 29 heavy (non-hydrogen) atoms. The van der Waals surface area contributed by atoms with Gasteiger partial charge in [-0.15, -0.1) is 0 Å². The van der Waals surface area contributed by atoms with Crippen LogP contribution in [-0.4, -0.2) is 23.2 Å². The summed E-state index contributed by atoms with van der Waals surface area (Å²) in [6.07, 6.45) is 2.30. The summed E-state index contributed by atoms with van der Waals surface area (Å²) in [6, 6.07) is 18.4. The zero-order valence-corrected chi connectivity index (χ0v) is 16.0. The van der Waals surface area contributed by atoms with Crippen LogP contribution in [0.5, 0.6) is 17.2 Å². The number of aromatic nitrogens is 1. The van der Waals surface area contributed by atoms with Gasteiger partial charge in [0.1, 0.15) is 29.5 Å². The predicted molar refractivity (Wildman–Crippen MR) is 108 cm³/mol. The van der Waals surface area contributed by atoms with Crippen molar-refractivity contribution in [3.63, 3.8) is 0 Å². The summed E-state index contributed by atoms with van der Waals surface area (Å²) in [5.74, 6) is 1.60. The lowest BCUT2D eigenvalue weighted by molar-refractivity contribution is -0.116. The first-order chi connectivity index (χ1) is 14.1. The molecule has 0 saturated heterocycles. The Morgan fingerprint density at radius 2 is 1.83 bits per heavy atom. The smallest absolute Gasteiger partial charge is 0.224 e. The third kappa shape index (κ3) is 4.54. The van der Waals surface area contributed by atoms with E-state index >= 15 is 0 Å². The van der Waals surface area contributed by atoms with Crippen molar-refractivity contribution in [2.45, 2.75) is 32.2 Å². The van der Waals surface area contributed by atoms with Crippen LogP contribution < -0.4 is 14.4 Å². The van der Waals surface area contributed by atoms with Crippen molar-refractivity contribution < 1.29 is 18.7 Å². The first-order valence-corrected chi connectivity index (χ1v) is 9.45. The SMILES string of the molecule is CC(=O)N(Cc1ccccc1O[C@H]1CC1F)c1cnccc1Oc1ccccc1. The Labute approximate surface area is 168 Å². The van der Waals surface area contributed by atoms with Gasteiger partial charge >= 0.3 is 0 Å². The molecule has 6 heteroatoms. The molecule has 0 radical (unpaired) electrons. The molecule has 148 valence electrons. The third-order valence-corrected chi connectivity index (χ3v) is 4.64. The van der Waals surface area contributed by atoms with Crippen molar-refractivity contribution in [1.29, 1.82) is 0 Å². The van der Waals surface area contributed by atoms with E-state index < -0.39 is 12.3 Å². The second-order valence-corrected chi connectivity index (χ2v) is 6.88. The molecule has 1 fully saturated rings. The van der Waals surface area contributed by atoms with Crippen molar-refractivity contribution in [3.8, 4) is 17.2 Å². The van der Waals surface area contributed by atoms with Crippen LogP contribution in [0.15, 0.2) is 73.1 Å². The Bertz CT molecular complexity index is 996. The zero-order valence-electron chi connectivity index (χ0n) is 16.0. The maximum Gasteiger partial charge on any atom is 0.224 e. The predicted octanol–water partition coefficient (Wildman–Crippen LogP) is 4.92. The van der Waals surface area contributed by atoms with E-state index in [1.165, 1.54) is 6.92 Å². The Hall–Kier alpha value is -3.41. The van der Waals surface area contributed by atoms with E-state index in [1.807, 2.05) is 48.5 Å². The number of carbonyl (C=O) groups excluding carboxylic acids is 1. The van der Waals surface area contributed by atoms with Crippen LogP contribution in [0, 0.1) is 0 Å². The summed E-state index contributed by atoms with van der Waals surface area (Å²) in [5, 5.41) is 0. The monoisotopic (exact) mass is 392 g/mol. The minimum atomic E-state index is -0.920. The third-order valence-electron chi connectivity index (χ3n) is 4.64. The molecule has 0 N–H and O–H groups in total. The molecular formula is C23H21FN2O3. The number of benzene rings is 2. The molecule has 1 aliphatic carbocycles. The zero-order chi connectivity index (χ0) is 20.2. The molecule has 0 spiro atoms. The molecule has 3 aromatic rings. The van der Waals surface area contributed by atoms with Crippen molar-refractivity contribution in [2.24, 2.45) is 0 Å². The van der Waals surface area contributed by atoms with Gasteiger partial charge in [0.05, 0.1) is 12.7 Å². The number of hydrogen-bond acceptors (Lipinski definition) is 4. The second kappa shape index (κ2) is 8.31. The normalized spacial score (nSPS) is 17.4. The van der Waals surface area contributed by atoms with Crippen LogP contribution in [0.4, 0.5) is 10.1 Å². The molecule has 5 nitrogen and oxygen atoms in total. The molecule has 1 saturated carbocycles. The molecule has 0 bridgehead atoms. The molecular weight excluding hydrogens is 371 g/mol. The number of para-hydroxylation sites is 2. The van der Waals surface area contributed by atoms with E-state index in [-0.39, 0.29) is 12.5 Å². The van der Waals surface area contributed by atoms with E-state index in [9.17, 15) is 9.18 Å². The highest BCUT2D eigenvalue weighted by Gasteiger charge is 2.40. The van der Waals surface area contributed by atoms with Crippen LogP contribution in [0.3, 0.4) is 0 Å². The highest BCUT2D eigenvalue weighted by Crippen LogP contribution is 2.35. The summed E-state index contributed by atoms with van der Waals surface area (Å²) in [4.78, 5) is 18.2. The number of alkyl halides is 1. The van der Waals surface area contributed by atoms with Crippen LogP contribution in [-0.2, 0) is 11.3 Å². The number of hydrogen-bond donors (Lipinski definition) is 0. The van der Waals surface area contributed by atoms with Crippen LogP contribution in [0.1, 0.15) is 18.9 Å². The van der Waals surface area contributed by atoms with Gasteiger partial charge in [0.2, 0.25) is 5.91 Å². The van der Waals surface area contributed by atoms with Crippen molar-refractivity contribution in [3.05, 3.63) is 78.6 Å². The highest BCUT2D eigenvalue weighted by atomic mass is 19.1. The Morgan fingerprint density at radius 3 is 2.55 bits per heavy atom. The number of amides is 1. The average molecular weight is 392 g/mol. The fourth-order valence-corrected chi connectivity index (χ4v) is 2.99. The topological polar surface area (TPSA) is 51.7 Å². The number of halogens is 1.